The van der Waals surface area contributed by atoms with Crippen LogP contribution in [0.3, 0.4) is 0 Å². The van der Waals surface area contributed by atoms with E-state index in [2.05, 4.69) is 17.0 Å². The Morgan fingerprint density at radius 3 is 2.67 bits per heavy atom. The van der Waals surface area contributed by atoms with Gasteiger partial charge in [0.05, 0.1) is 6.67 Å². The molecule has 1 aliphatic rings. The van der Waals surface area contributed by atoms with E-state index in [-0.39, 0.29) is 12.1 Å². The fourth-order valence-electron chi connectivity index (χ4n) is 3.03. The maximum absolute atomic E-state index is 12.6. The quantitative estimate of drug-likeness (QED) is 0.791. The average Bonchev–Trinajstić information content (AvgIpc) is 2.95. The van der Waals surface area contributed by atoms with Crippen molar-refractivity contribution in [3.05, 3.63) is 35.9 Å². The third-order valence-corrected chi connectivity index (χ3v) is 4.10. The number of benzene rings is 1. The molecule has 0 N–H and O–H groups in total. The van der Waals surface area contributed by atoms with Gasteiger partial charge in [-0.2, -0.15) is 0 Å². The molecule has 0 aliphatic carbocycles. The summed E-state index contributed by atoms with van der Waals surface area (Å²) in [5.41, 5.74) is 0.735. The Bertz CT molecular complexity index is 516. The van der Waals surface area contributed by atoms with E-state index >= 15 is 0 Å². The molecule has 1 amide bonds. The molecule has 1 aliphatic heterocycles. The molecule has 4 nitrogen and oxygen atoms in total. The molecule has 5 heteroatoms. The predicted octanol–water partition coefficient (Wildman–Crippen LogP) is 3.86. The van der Waals surface area contributed by atoms with Crippen molar-refractivity contribution in [3.8, 4) is 0 Å². The van der Waals surface area contributed by atoms with Gasteiger partial charge in [-0.1, -0.05) is 30.3 Å². The molecule has 2 rings (SSSR count). The van der Waals surface area contributed by atoms with Crippen molar-refractivity contribution in [2.75, 3.05) is 26.3 Å². The first-order valence-corrected chi connectivity index (χ1v) is 8.71. The molecule has 1 atom stereocenters. The molecule has 1 unspecified atom stereocenters. The van der Waals surface area contributed by atoms with Crippen molar-refractivity contribution in [3.63, 3.8) is 0 Å². The van der Waals surface area contributed by atoms with Gasteiger partial charge in [-0.15, -0.1) is 0 Å². The number of halogens is 1. The highest BCUT2D eigenvalue weighted by Crippen LogP contribution is 2.21. The third-order valence-electron chi connectivity index (χ3n) is 4.10. The van der Waals surface area contributed by atoms with E-state index in [9.17, 15) is 9.18 Å². The van der Waals surface area contributed by atoms with E-state index in [4.69, 9.17) is 4.74 Å². The van der Waals surface area contributed by atoms with Gasteiger partial charge in [0.15, 0.2) is 0 Å². The monoisotopic (exact) mass is 336 g/mol. The van der Waals surface area contributed by atoms with Crippen LogP contribution in [0.5, 0.6) is 0 Å². The summed E-state index contributed by atoms with van der Waals surface area (Å²) in [4.78, 5) is 16.5. The molecule has 1 aromatic rings. The van der Waals surface area contributed by atoms with Crippen LogP contribution in [0.1, 0.15) is 39.2 Å². The highest BCUT2D eigenvalue weighted by molar-refractivity contribution is 5.68. The molecule has 1 heterocycles. The summed E-state index contributed by atoms with van der Waals surface area (Å²) in [6.07, 6.45) is 0.926. The van der Waals surface area contributed by atoms with Gasteiger partial charge in [0.25, 0.3) is 0 Å². The second kappa shape index (κ2) is 8.47. The minimum atomic E-state index is -0.534. The van der Waals surface area contributed by atoms with Gasteiger partial charge in [-0.05, 0) is 39.2 Å². The Hall–Kier alpha value is -1.62. The van der Waals surface area contributed by atoms with Crippen LogP contribution in [0, 0.1) is 0 Å². The number of likely N-dealkylation sites (tertiary alicyclic amines) is 1. The second-order valence-corrected chi connectivity index (χ2v) is 7.38. The molecule has 0 saturated carbocycles. The number of rotatable bonds is 6. The largest absolute Gasteiger partial charge is 0.444 e. The van der Waals surface area contributed by atoms with Crippen molar-refractivity contribution in [1.29, 1.82) is 0 Å². The van der Waals surface area contributed by atoms with Crippen LogP contribution < -0.4 is 0 Å². The molecular weight excluding hydrogens is 307 g/mol. The van der Waals surface area contributed by atoms with Crippen LogP contribution in [0.2, 0.25) is 0 Å². The molecule has 134 valence electrons. The number of carbonyl (C=O) groups excluding carboxylic acids is 1. The van der Waals surface area contributed by atoms with Gasteiger partial charge in [0, 0.05) is 32.2 Å². The summed E-state index contributed by atoms with van der Waals surface area (Å²) < 4.78 is 18.1. The van der Waals surface area contributed by atoms with E-state index < -0.39 is 12.3 Å². The van der Waals surface area contributed by atoms with Crippen LogP contribution >= 0.6 is 0 Å². The minimum absolute atomic E-state index is 0.0927. The Balaban J connectivity index is 1.96. The van der Waals surface area contributed by atoms with E-state index in [1.807, 2.05) is 39.0 Å². The number of alkyl halides is 1. The molecule has 0 radical (unpaired) electrons. The molecule has 1 aromatic carbocycles. The summed E-state index contributed by atoms with van der Waals surface area (Å²) in [6.45, 7) is 8.18. The highest BCUT2D eigenvalue weighted by Gasteiger charge is 2.32. The van der Waals surface area contributed by atoms with Crippen molar-refractivity contribution in [2.24, 2.45) is 0 Å². The zero-order chi connectivity index (χ0) is 17.6. The number of hydrogen-bond donors (Lipinski definition) is 0. The third kappa shape index (κ3) is 5.78. The van der Waals surface area contributed by atoms with E-state index in [0.717, 1.165) is 26.1 Å². The van der Waals surface area contributed by atoms with E-state index in [0.29, 0.717) is 13.0 Å². The van der Waals surface area contributed by atoms with Gasteiger partial charge in [0.1, 0.15) is 5.60 Å². The van der Waals surface area contributed by atoms with Crippen molar-refractivity contribution >= 4 is 6.09 Å². The number of hydrogen-bond acceptors (Lipinski definition) is 3. The summed E-state index contributed by atoms with van der Waals surface area (Å²) in [5, 5.41) is 0. The number of carbonyl (C=O) groups is 1. The SMILES string of the molecule is CC(C)(C)OC(=O)N(CCCF)C1CCN(Cc2ccccc2)C1. The lowest BCUT2D eigenvalue weighted by molar-refractivity contribution is 0.0161. The Kier molecular flexibility index (Phi) is 6.60. The molecule has 0 spiro atoms. The molecule has 24 heavy (non-hydrogen) atoms. The van der Waals surface area contributed by atoms with Gasteiger partial charge >= 0.3 is 6.09 Å². The van der Waals surface area contributed by atoms with Crippen molar-refractivity contribution < 1.29 is 13.9 Å². The smallest absolute Gasteiger partial charge is 0.410 e. The Labute approximate surface area is 144 Å². The molecule has 0 bridgehead atoms. The van der Waals surface area contributed by atoms with Gasteiger partial charge in [-0.3, -0.25) is 9.29 Å². The van der Waals surface area contributed by atoms with Crippen LogP contribution in [0.25, 0.3) is 0 Å². The first-order chi connectivity index (χ1) is 11.4. The average molecular weight is 336 g/mol. The molecule has 0 aromatic heterocycles. The van der Waals surface area contributed by atoms with Crippen molar-refractivity contribution in [1.82, 2.24) is 9.80 Å². The van der Waals surface area contributed by atoms with Crippen LogP contribution in [-0.4, -0.2) is 53.8 Å². The Morgan fingerprint density at radius 2 is 2.04 bits per heavy atom. The van der Waals surface area contributed by atoms with Crippen LogP contribution in [-0.2, 0) is 11.3 Å². The lowest BCUT2D eigenvalue weighted by Crippen LogP contribution is -2.45. The van der Waals surface area contributed by atoms with E-state index in [1.165, 1.54) is 5.56 Å². The summed E-state index contributed by atoms with van der Waals surface area (Å²) in [7, 11) is 0. The second-order valence-electron chi connectivity index (χ2n) is 7.38. The van der Waals surface area contributed by atoms with Crippen LogP contribution in [0.4, 0.5) is 9.18 Å². The summed E-state index contributed by atoms with van der Waals surface area (Å²) in [5.74, 6) is 0. The minimum Gasteiger partial charge on any atom is -0.444 e. The fourth-order valence-corrected chi connectivity index (χ4v) is 3.03. The van der Waals surface area contributed by atoms with Gasteiger partial charge < -0.3 is 9.64 Å². The maximum atomic E-state index is 12.6. The molecular formula is C19H29FN2O2. The normalized spacial score (nSPS) is 18.6. The first kappa shape index (κ1) is 18.7. The van der Waals surface area contributed by atoms with Gasteiger partial charge in [-0.25, -0.2) is 4.79 Å². The van der Waals surface area contributed by atoms with Crippen molar-refractivity contribution in [2.45, 2.75) is 51.8 Å². The molecule has 1 saturated heterocycles. The Morgan fingerprint density at radius 1 is 1.33 bits per heavy atom. The fraction of sp³-hybridized carbons (Fsp3) is 0.632. The zero-order valence-corrected chi connectivity index (χ0v) is 15.0. The van der Waals surface area contributed by atoms with Crippen LogP contribution in [0.15, 0.2) is 30.3 Å². The maximum Gasteiger partial charge on any atom is 0.410 e. The topological polar surface area (TPSA) is 32.8 Å². The lowest BCUT2D eigenvalue weighted by Gasteiger charge is -2.31. The predicted molar refractivity (Wildman–Crippen MR) is 93.7 cm³/mol. The summed E-state index contributed by atoms with van der Waals surface area (Å²) in [6, 6.07) is 10.4. The first-order valence-electron chi connectivity index (χ1n) is 8.71. The molecule has 1 fully saturated rings. The van der Waals surface area contributed by atoms with E-state index in [1.54, 1.807) is 4.90 Å². The van der Waals surface area contributed by atoms with Gasteiger partial charge in [0.2, 0.25) is 0 Å². The number of amides is 1. The number of ether oxygens (including phenoxy) is 1. The lowest BCUT2D eigenvalue weighted by atomic mass is 10.2. The summed E-state index contributed by atoms with van der Waals surface area (Å²) >= 11 is 0. The standard InChI is InChI=1S/C19H29FN2O2/c1-19(2,3)24-18(23)22(12-7-11-20)17-10-13-21(15-17)14-16-8-5-4-6-9-16/h4-6,8-9,17H,7,10-15H2,1-3H3. The number of nitrogens with zero attached hydrogens (tertiary/aromatic N) is 2. The highest BCUT2D eigenvalue weighted by atomic mass is 19.1. The zero-order valence-electron chi connectivity index (χ0n) is 15.0.